The number of carbonyl (C=O) groups is 2. The Morgan fingerprint density at radius 1 is 1.03 bits per heavy atom. The number of nitrogens with one attached hydrogen (secondary N) is 1. The topological polar surface area (TPSA) is 99.3 Å². The molecule has 0 saturated heterocycles. The van der Waals surface area contributed by atoms with Crippen LogP contribution in [0.2, 0.25) is 0 Å². The van der Waals surface area contributed by atoms with Gasteiger partial charge in [-0.05, 0) is 54.8 Å². The van der Waals surface area contributed by atoms with Gasteiger partial charge in [-0.2, -0.15) is 12.7 Å². The first-order chi connectivity index (χ1) is 17.0. The molecule has 2 aromatic rings. The van der Waals surface area contributed by atoms with E-state index in [1.165, 1.54) is 31.1 Å². The van der Waals surface area contributed by atoms with E-state index in [2.05, 4.69) is 5.32 Å². The van der Waals surface area contributed by atoms with Crippen molar-refractivity contribution in [1.29, 1.82) is 0 Å². The Kier molecular flexibility index (Phi) is 10.7. The SMILES string of the molecule is CCCNC(=O)[C@@H](CC)N(Cc1ccc(OC)cc1)C(=O)CN(c1ccc(F)cc1)S(=O)(=O)N(C)C. The van der Waals surface area contributed by atoms with Crippen LogP contribution in [0.3, 0.4) is 0 Å². The largest absolute Gasteiger partial charge is 0.497 e. The van der Waals surface area contributed by atoms with Crippen molar-refractivity contribution in [2.24, 2.45) is 0 Å². The summed E-state index contributed by atoms with van der Waals surface area (Å²) in [5, 5.41) is 2.83. The van der Waals surface area contributed by atoms with Crippen LogP contribution in [0.5, 0.6) is 5.75 Å². The van der Waals surface area contributed by atoms with Gasteiger partial charge < -0.3 is 15.0 Å². The summed E-state index contributed by atoms with van der Waals surface area (Å²) >= 11 is 0. The van der Waals surface area contributed by atoms with Crippen LogP contribution < -0.4 is 14.4 Å². The number of anilines is 1. The lowest BCUT2D eigenvalue weighted by Crippen LogP contribution is -2.53. The second-order valence-corrected chi connectivity index (χ2v) is 10.4. The molecule has 2 amide bonds. The van der Waals surface area contributed by atoms with Gasteiger partial charge in [-0.3, -0.25) is 9.59 Å². The maximum atomic E-state index is 13.7. The number of rotatable bonds is 13. The minimum Gasteiger partial charge on any atom is -0.497 e. The number of halogens is 1. The van der Waals surface area contributed by atoms with Gasteiger partial charge in [0, 0.05) is 27.2 Å². The first kappa shape index (κ1) is 29.1. The number of hydrogen-bond acceptors (Lipinski definition) is 5. The fraction of sp³-hybridized carbons (Fsp3) is 0.440. The van der Waals surface area contributed by atoms with Crippen LogP contribution in [0.1, 0.15) is 32.3 Å². The van der Waals surface area contributed by atoms with Crippen LogP contribution in [-0.4, -0.2) is 69.8 Å². The normalized spacial score (nSPS) is 12.2. The Morgan fingerprint density at radius 3 is 2.14 bits per heavy atom. The molecule has 0 radical (unpaired) electrons. The van der Waals surface area contributed by atoms with E-state index in [0.29, 0.717) is 18.7 Å². The molecule has 0 fully saturated rings. The highest BCUT2D eigenvalue weighted by molar-refractivity contribution is 7.90. The van der Waals surface area contributed by atoms with Gasteiger partial charge in [0.1, 0.15) is 24.2 Å². The van der Waals surface area contributed by atoms with Crippen molar-refractivity contribution in [2.75, 3.05) is 38.6 Å². The molecule has 0 saturated carbocycles. The lowest BCUT2D eigenvalue weighted by Gasteiger charge is -2.34. The van der Waals surface area contributed by atoms with Gasteiger partial charge in [0.05, 0.1) is 12.8 Å². The van der Waals surface area contributed by atoms with Crippen LogP contribution in [0.25, 0.3) is 0 Å². The molecule has 2 rings (SSSR count). The number of carbonyl (C=O) groups excluding carboxylic acids is 2. The van der Waals surface area contributed by atoms with Crippen molar-refractivity contribution in [3.8, 4) is 5.75 Å². The van der Waals surface area contributed by atoms with Crippen molar-refractivity contribution >= 4 is 27.7 Å². The van der Waals surface area contributed by atoms with E-state index in [9.17, 15) is 22.4 Å². The zero-order valence-electron chi connectivity index (χ0n) is 21.4. The predicted molar refractivity (Wildman–Crippen MR) is 137 cm³/mol. The second kappa shape index (κ2) is 13.2. The molecule has 0 aromatic heterocycles. The molecule has 2 aromatic carbocycles. The second-order valence-electron chi connectivity index (χ2n) is 8.36. The van der Waals surface area contributed by atoms with E-state index in [4.69, 9.17) is 4.74 Å². The van der Waals surface area contributed by atoms with Crippen LogP contribution in [0.15, 0.2) is 48.5 Å². The maximum absolute atomic E-state index is 13.7. The Labute approximate surface area is 213 Å². The highest BCUT2D eigenvalue weighted by atomic mass is 32.2. The Hall–Kier alpha value is -3.18. The quantitative estimate of drug-likeness (QED) is 0.436. The average molecular weight is 523 g/mol. The van der Waals surface area contributed by atoms with Crippen LogP contribution in [0, 0.1) is 5.82 Å². The van der Waals surface area contributed by atoms with Crippen molar-refractivity contribution in [3.05, 3.63) is 59.9 Å². The fourth-order valence-corrected chi connectivity index (χ4v) is 4.59. The predicted octanol–water partition coefficient (Wildman–Crippen LogP) is 2.78. The Balaban J connectivity index is 2.47. The summed E-state index contributed by atoms with van der Waals surface area (Å²) in [5.74, 6) is -0.778. The van der Waals surface area contributed by atoms with Gasteiger partial charge in [-0.15, -0.1) is 0 Å². The molecule has 0 spiro atoms. The van der Waals surface area contributed by atoms with Crippen molar-refractivity contribution in [3.63, 3.8) is 0 Å². The van der Waals surface area contributed by atoms with Crippen molar-refractivity contribution in [2.45, 2.75) is 39.3 Å². The monoisotopic (exact) mass is 522 g/mol. The molecule has 0 aliphatic rings. The summed E-state index contributed by atoms with van der Waals surface area (Å²) in [4.78, 5) is 28.0. The van der Waals surface area contributed by atoms with Crippen molar-refractivity contribution in [1.82, 2.24) is 14.5 Å². The molecule has 9 nitrogen and oxygen atoms in total. The Morgan fingerprint density at radius 2 is 1.64 bits per heavy atom. The molecule has 1 N–H and O–H groups in total. The van der Waals surface area contributed by atoms with E-state index in [1.54, 1.807) is 38.3 Å². The number of nitrogens with zero attached hydrogens (tertiary/aromatic N) is 3. The molecule has 0 heterocycles. The summed E-state index contributed by atoms with van der Waals surface area (Å²) in [6, 6.07) is 11.1. The van der Waals surface area contributed by atoms with Crippen LogP contribution in [-0.2, 0) is 26.3 Å². The molecule has 1 atom stereocenters. The van der Waals surface area contributed by atoms with Gasteiger partial charge in [0.25, 0.3) is 0 Å². The summed E-state index contributed by atoms with van der Waals surface area (Å²) in [6.07, 6.45) is 1.06. The van der Waals surface area contributed by atoms with Gasteiger partial charge in [-0.25, -0.2) is 8.70 Å². The highest BCUT2D eigenvalue weighted by Crippen LogP contribution is 2.22. The molecule has 0 aliphatic heterocycles. The minimum atomic E-state index is -4.10. The van der Waals surface area contributed by atoms with Gasteiger partial charge in [0.15, 0.2) is 0 Å². The van der Waals surface area contributed by atoms with Crippen molar-refractivity contribution < 1.29 is 27.1 Å². The summed E-state index contributed by atoms with van der Waals surface area (Å²) in [5.41, 5.74) is 0.876. The average Bonchev–Trinajstić information content (AvgIpc) is 2.86. The fourth-order valence-electron chi connectivity index (χ4n) is 3.54. The molecule has 36 heavy (non-hydrogen) atoms. The summed E-state index contributed by atoms with van der Waals surface area (Å²) < 4.78 is 46.8. The third-order valence-electron chi connectivity index (χ3n) is 5.58. The van der Waals surface area contributed by atoms with Crippen LogP contribution >= 0.6 is 0 Å². The van der Waals surface area contributed by atoms with Gasteiger partial charge in [-0.1, -0.05) is 26.0 Å². The van der Waals surface area contributed by atoms with Crippen LogP contribution in [0.4, 0.5) is 10.1 Å². The van der Waals surface area contributed by atoms with E-state index in [0.717, 1.165) is 32.7 Å². The zero-order chi connectivity index (χ0) is 26.9. The van der Waals surface area contributed by atoms with E-state index in [1.807, 2.05) is 6.92 Å². The smallest absolute Gasteiger partial charge is 0.304 e. The van der Waals surface area contributed by atoms with Gasteiger partial charge in [0.2, 0.25) is 11.8 Å². The first-order valence-corrected chi connectivity index (χ1v) is 13.1. The number of hydrogen-bond donors (Lipinski definition) is 1. The standard InChI is InChI=1S/C25H35FN4O5S/c1-6-16-27-25(32)23(7-2)29(17-19-8-14-22(35-5)15-9-19)24(31)18-30(36(33,34)28(3)4)21-12-10-20(26)11-13-21/h8-15,23H,6-7,16-18H2,1-5H3,(H,27,32)/t23-/m1/s1. The number of ether oxygens (including phenoxy) is 1. The molecule has 0 bridgehead atoms. The Bertz CT molecular complexity index is 1110. The molecule has 11 heteroatoms. The van der Waals surface area contributed by atoms with E-state index < -0.39 is 34.5 Å². The molecule has 0 unspecified atom stereocenters. The summed E-state index contributed by atoms with van der Waals surface area (Å²) in [7, 11) is 0.136. The lowest BCUT2D eigenvalue weighted by molar-refractivity contribution is -0.140. The van der Waals surface area contributed by atoms with E-state index in [-0.39, 0.29) is 18.1 Å². The third-order valence-corrected chi connectivity index (χ3v) is 7.40. The lowest BCUT2D eigenvalue weighted by atomic mass is 10.1. The number of amides is 2. The molecular formula is C25H35FN4O5S. The highest BCUT2D eigenvalue weighted by Gasteiger charge is 2.33. The minimum absolute atomic E-state index is 0.0835. The molecule has 0 aliphatic carbocycles. The third kappa shape index (κ3) is 7.41. The maximum Gasteiger partial charge on any atom is 0.304 e. The molecule has 198 valence electrons. The van der Waals surface area contributed by atoms with E-state index >= 15 is 0 Å². The number of benzene rings is 2. The van der Waals surface area contributed by atoms with Gasteiger partial charge >= 0.3 is 10.2 Å². The molecular weight excluding hydrogens is 487 g/mol. The summed E-state index contributed by atoms with van der Waals surface area (Å²) in [6.45, 7) is 3.68. The first-order valence-electron chi connectivity index (χ1n) is 11.7. The number of methoxy groups -OCH3 is 1. The zero-order valence-corrected chi connectivity index (χ0v) is 22.2.